The summed E-state index contributed by atoms with van der Waals surface area (Å²) in [6.07, 6.45) is 0.879. The Labute approximate surface area is 155 Å². The number of hydrazine groups is 2. The summed E-state index contributed by atoms with van der Waals surface area (Å²) in [5.74, 6) is 11.1. The third-order valence-electron chi connectivity index (χ3n) is 3.64. The second-order valence-corrected chi connectivity index (χ2v) is 6.83. The van der Waals surface area contributed by atoms with Gasteiger partial charge in [-0.1, -0.05) is 30.7 Å². The van der Waals surface area contributed by atoms with Crippen LogP contribution < -0.4 is 16.7 Å². The van der Waals surface area contributed by atoms with Crippen molar-refractivity contribution in [3.63, 3.8) is 0 Å². The van der Waals surface area contributed by atoms with Crippen molar-refractivity contribution >= 4 is 35.1 Å². The molecular weight excluding hydrogens is 363 g/mol. The van der Waals surface area contributed by atoms with Gasteiger partial charge in [-0.05, 0) is 36.2 Å². The summed E-state index contributed by atoms with van der Waals surface area (Å²) < 4.78 is 14.3. The van der Waals surface area contributed by atoms with E-state index >= 15 is 0 Å². The van der Waals surface area contributed by atoms with Crippen molar-refractivity contribution in [3.05, 3.63) is 58.4 Å². The zero-order valence-electron chi connectivity index (χ0n) is 14.0. The third kappa shape index (κ3) is 4.64. The van der Waals surface area contributed by atoms with Gasteiger partial charge in [0, 0.05) is 23.3 Å². The first-order chi connectivity index (χ1) is 11.8. The molecule has 0 saturated carbocycles. The Morgan fingerprint density at radius 2 is 2.00 bits per heavy atom. The lowest BCUT2D eigenvalue weighted by atomic mass is 10.2. The molecule has 0 aliphatic rings. The Hall–Kier alpha value is -1.80. The van der Waals surface area contributed by atoms with Crippen LogP contribution in [0.5, 0.6) is 0 Å². The number of thioether (sulfide) groups is 1. The summed E-state index contributed by atoms with van der Waals surface area (Å²) in [5.41, 5.74) is 1.71. The highest BCUT2D eigenvalue weighted by molar-refractivity contribution is 7.98. The van der Waals surface area contributed by atoms with Crippen LogP contribution in [0.3, 0.4) is 0 Å². The Balaban J connectivity index is 2.29. The van der Waals surface area contributed by atoms with E-state index < -0.39 is 11.8 Å². The molecule has 134 valence electrons. The van der Waals surface area contributed by atoms with Crippen LogP contribution >= 0.6 is 23.4 Å². The van der Waals surface area contributed by atoms with Crippen LogP contribution in [0.25, 0.3) is 0 Å². The minimum absolute atomic E-state index is 0.262. The summed E-state index contributed by atoms with van der Waals surface area (Å²) in [6.45, 7) is 2.05. The fourth-order valence-electron chi connectivity index (χ4n) is 2.22. The van der Waals surface area contributed by atoms with Crippen molar-refractivity contribution in [1.29, 1.82) is 0 Å². The Kier molecular flexibility index (Phi) is 6.66. The molecule has 2 aromatic rings. The van der Waals surface area contributed by atoms with Gasteiger partial charge in [-0.2, -0.15) is 0 Å². The van der Waals surface area contributed by atoms with Crippen LogP contribution in [0, 0.1) is 5.82 Å². The van der Waals surface area contributed by atoms with Gasteiger partial charge < -0.3 is 0 Å². The average Bonchev–Trinajstić information content (AvgIpc) is 2.60. The molecule has 0 spiro atoms. The van der Waals surface area contributed by atoms with E-state index in [2.05, 4.69) is 0 Å². The lowest BCUT2D eigenvalue weighted by molar-refractivity contribution is 0.216. The Bertz CT molecular complexity index is 772. The molecule has 4 N–H and O–H groups in total. The van der Waals surface area contributed by atoms with Crippen molar-refractivity contribution in [2.24, 2.45) is 11.7 Å². The van der Waals surface area contributed by atoms with Crippen LogP contribution in [0.4, 0.5) is 14.9 Å². The fourth-order valence-corrected chi connectivity index (χ4v) is 3.52. The zero-order valence-corrected chi connectivity index (χ0v) is 15.6. The molecule has 2 rings (SSSR count). The van der Waals surface area contributed by atoms with Crippen LogP contribution in [-0.4, -0.2) is 18.1 Å². The van der Waals surface area contributed by atoms with E-state index in [1.165, 1.54) is 30.9 Å². The molecule has 0 saturated heterocycles. The number of nitrogens with two attached hydrogens (primary N) is 2. The number of carbonyl (C=O) groups is 1. The summed E-state index contributed by atoms with van der Waals surface area (Å²) in [4.78, 5) is 12.8. The highest BCUT2D eigenvalue weighted by atomic mass is 35.5. The quantitative estimate of drug-likeness (QED) is 0.355. The molecular formula is C17H20ClFN4OS. The first-order valence-electron chi connectivity index (χ1n) is 7.61. The topological polar surface area (TPSA) is 75.6 Å². The lowest BCUT2D eigenvalue weighted by Crippen LogP contribution is -2.49. The number of hydrogen-bond acceptors (Lipinski definition) is 4. The third-order valence-corrected chi connectivity index (χ3v) is 5.16. The van der Waals surface area contributed by atoms with E-state index in [-0.39, 0.29) is 11.4 Å². The number of anilines is 1. The van der Waals surface area contributed by atoms with E-state index in [9.17, 15) is 9.18 Å². The zero-order chi connectivity index (χ0) is 18.6. The minimum Gasteiger partial charge on any atom is -0.264 e. The Morgan fingerprint density at radius 3 is 2.64 bits per heavy atom. The van der Waals surface area contributed by atoms with Gasteiger partial charge in [-0.25, -0.2) is 25.9 Å². The van der Waals surface area contributed by atoms with Gasteiger partial charge in [-0.15, -0.1) is 11.8 Å². The maximum Gasteiger partial charge on any atom is 0.352 e. The second kappa shape index (κ2) is 8.53. The van der Waals surface area contributed by atoms with Crippen molar-refractivity contribution in [3.8, 4) is 0 Å². The molecule has 0 aliphatic carbocycles. The highest BCUT2D eigenvalue weighted by Crippen LogP contribution is 2.34. The summed E-state index contributed by atoms with van der Waals surface area (Å²) in [7, 11) is 1.37. The number of halogens is 2. The summed E-state index contributed by atoms with van der Waals surface area (Å²) >= 11 is 7.61. The standard InChI is InChI=1S/C17H20ClFN4OS/c1-3-11-7-8-13(18)16(9-11)25-10-12-14(19)5-4-6-15(12)23(21)17(24)22(2)20/h4-9H,3,10,20-21H2,1-2H3. The molecule has 8 heteroatoms. The SMILES string of the molecule is CCc1ccc(Cl)c(SCc2c(F)cccc2N(N)C(=O)N(C)N)c1. The molecule has 0 heterocycles. The van der Waals surface area contributed by atoms with Crippen LogP contribution in [0.2, 0.25) is 5.02 Å². The number of nitrogens with zero attached hydrogens (tertiary/aromatic N) is 2. The number of urea groups is 1. The average molecular weight is 383 g/mol. The van der Waals surface area contributed by atoms with Gasteiger partial charge in [0.2, 0.25) is 0 Å². The normalized spacial score (nSPS) is 10.6. The molecule has 0 radical (unpaired) electrons. The predicted octanol–water partition coefficient (Wildman–Crippen LogP) is 3.94. The molecule has 0 aliphatic heterocycles. The van der Waals surface area contributed by atoms with Gasteiger partial charge in [-0.3, -0.25) is 5.01 Å². The number of rotatable bonds is 5. The first kappa shape index (κ1) is 19.5. The van der Waals surface area contributed by atoms with Gasteiger partial charge in [0.1, 0.15) is 5.82 Å². The maximum absolute atomic E-state index is 14.3. The number of amides is 2. The number of hydrogen-bond donors (Lipinski definition) is 2. The number of aryl methyl sites for hydroxylation is 1. The first-order valence-corrected chi connectivity index (χ1v) is 8.97. The lowest BCUT2D eigenvalue weighted by Gasteiger charge is -2.23. The molecule has 0 atom stereocenters. The van der Waals surface area contributed by atoms with E-state index in [0.717, 1.165) is 26.9 Å². The van der Waals surface area contributed by atoms with Gasteiger partial charge in [0.15, 0.2) is 0 Å². The van der Waals surface area contributed by atoms with Crippen LogP contribution in [0.15, 0.2) is 41.3 Å². The molecule has 0 bridgehead atoms. The molecule has 25 heavy (non-hydrogen) atoms. The van der Waals surface area contributed by atoms with Crippen molar-refractivity contribution in [1.82, 2.24) is 5.01 Å². The van der Waals surface area contributed by atoms with Crippen LogP contribution in [-0.2, 0) is 12.2 Å². The van der Waals surface area contributed by atoms with E-state index in [0.29, 0.717) is 10.6 Å². The molecule has 2 amide bonds. The predicted molar refractivity (Wildman–Crippen MR) is 101 cm³/mol. The highest BCUT2D eigenvalue weighted by Gasteiger charge is 2.20. The molecule has 5 nitrogen and oxygen atoms in total. The molecule has 0 unspecified atom stereocenters. The number of benzene rings is 2. The van der Waals surface area contributed by atoms with Crippen LogP contribution in [0.1, 0.15) is 18.1 Å². The van der Waals surface area contributed by atoms with Gasteiger partial charge >= 0.3 is 6.03 Å². The van der Waals surface area contributed by atoms with Gasteiger partial charge in [0.25, 0.3) is 0 Å². The van der Waals surface area contributed by atoms with Gasteiger partial charge in [0.05, 0.1) is 10.7 Å². The summed E-state index contributed by atoms with van der Waals surface area (Å²) in [5, 5.41) is 2.27. The smallest absolute Gasteiger partial charge is 0.264 e. The van der Waals surface area contributed by atoms with Crippen molar-refractivity contribution in [2.75, 3.05) is 12.1 Å². The van der Waals surface area contributed by atoms with Crippen molar-refractivity contribution < 1.29 is 9.18 Å². The summed E-state index contributed by atoms with van der Waals surface area (Å²) in [6, 6.07) is 9.51. The largest absolute Gasteiger partial charge is 0.352 e. The molecule has 2 aromatic carbocycles. The molecule has 0 fully saturated rings. The van der Waals surface area contributed by atoms with E-state index in [1.807, 2.05) is 25.1 Å². The maximum atomic E-state index is 14.3. The van der Waals surface area contributed by atoms with E-state index in [4.69, 9.17) is 23.3 Å². The molecule has 0 aromatic heterocycles. The Morgan fingerprint density at radius 1 is 1.28 bits per heavy atom. The fraction of sp³-hybridized carbons (Fsp3) is 0.235. The number of carbonyl (C=O) groups excluding carboxylic acids is 1. The van der Waals surface area contributed by atoms with E-state index in [1.54, 1.807) is 6.07 Å². The minimum atomic E-state index is -0.650. The van der Waals surface area contributed by atoms with Crippen molar-refractivity contribution in [2.45, 2.75) is 24.0 Å². The second-order valence-electron chi connectivity index (χ2n) is 5.41. The monoisotopic (exact) mass is 382 g/mol.